The number of benzene rings is 1. The van der Waals surface area contributed by atoms with Gasteiger partial charge in [-0.15, -0.1) is 0 Å². The van der Waals surface area contributed by atoms with E-state index < -0.39 is 0 Å². The Balaban J connectivity index is 1.19. The van der Waals surface area contributed by atoms with E-state index in [-0.39, 0.29) is 5.92 Å². The highest BCUT2D eigenvalue weighted by Crippen LogP contribution is 2.22. The second-order valence-electron chi connectivity index (χ2n) is 10.1. The predicted octanol–water partition coefficient (Wildman–Crippen LogP) is 4.77. The average molecular weight is 446 g/mol. The minimum absolute atomic E-state index is 0.190. The number of piperidine rings is 1. The lowest BCUT2D eigenvalue weighted by atomic mass is 9.94. The molecule has 0 saturated carbocycles. The maximum atomic E-state index is 13.1. The summed E-state index contributed by atoms with van der Waals surface area (Å²) < 4.78 is 0. The molecule has 0 aromatic heterocycles. The fourth-order valence-corrected chi connectivity index (χ4v) is 4.97. The number of hydrogen-bond acceptors (Lipinski definition) is 3. The summed E-state index contributed by atoms with van der Waals surface area (Å²) >= 11 is 0. The second-order valence-corrected chi connectivity index (χ2v) is 10.1. The van der Waals surface area contributed by atoms with Gasteiger partial charge in [0, 0.05) is 45.2 Å². The van der Waals surface area contributed by atoms with E-state index in [9.17, 15) is 4.79 Å². The highest BCUT2D eigenvalue weighted by molar-refractivity contribution is 5.79. The summed E-state index contributed by atoms with van der Waals surface area (Å²) in [4.78, 5) is 20.2. The molecule has 0 spiro atoms. The molecule has 1 aromatic carbocycles. The van der Waals surface area contributed by atoms with Crippen molar-refractivity contribution < 1.29 is 4.79 Å². The van der Waals surface area contributed by atoms with Gasteiger partial charge in [0.25, 0.3) is 0 Å². The van der Waals surface area contributed by atoms with Gasteiger partial charge in [0.1, 0.15) is 0 Å². The summed E-state index contributed by atoms with van der Waals surface area (Å²) in [5.41, 5.74) is 5.11. The fourth-order valence-electron chi connectivity index (χ4n) is 4.97. The van der Waals surface area contributed by atoms with Gasteiger partial charge in [-0.2, -0.15) is 0 Å². The number of piperazine rings is 1. The summed E-state index contributed by atoms with van der Waals surface area (Å²) in [6, 6.07) is 9.02. The maximum Gasteiger partial charge on any atom is 0.225 e. The third kappa shape index (κ3) is 6.55. The summed E-state index contributed by atoms with van der Waals surface area (Å²) in [7, 11) is 0. The molecule has 2 heterocycles. The van der Waals surface area contributed by atoms with Crippen LogP contribution in [0.3, 0.4) is 0 Å². The van der Waals surface area contributed by atoms with E-state index in [2.05, 4.69) is 83.7 Å². The van der Waals surface area contributed by atoms with Crippen molar-refractivity contribution in [1.29, 1.82) is 0 Å². The van der Waals surface area contributed by atoms with Crippen LogP contribution in [0.2, 0.25) is 0 Å². The molecule has 4 rings (SSSR count). The average Bonchev–Trinajstić information content (AvgIpc) is 3.04. The number of likely N-dealkylation sites (tertiary alicyclic amines) is 1. The van der Waals surface area contributed by atoms with Gasteiger partial charge in [0.2, 0.25) is 5.91 Å². The predicted molar refractivity (Wildman–Crippen MR) is 137 cm³/mol. The van der Waals surface area contributed by atoms with E-state index in [0.717, 1.165) is 70.8 Å². The molecule has 0 radical (unpaired) electrons. The molecule has 176 valence electrons. The Morgan fingerprint density at radius 2 is 1.58 bits per heavy atom. The zero-order chi connectivity index (χ0) is 23.2. The van der Waals surface area contributed by atoms with Crippen LogP contribution in [0.15, 0.2) is 72.4 Å². The molecule has 3 aliphatic rings. The summed E-state index contributed by atoms with van der Waals surface area (Å²) in [5, 5.41) is 0. The van der Waals surface area contributed by atoms with Crippen molar-refractivity contribution in [1.82, 2.24) is 14.7 Å². The van der Waals surface area contributed by atoms with E-state index in [4.69, 9.17) is 0 Å². The highest BCUT2D eigenvalue weighted by Gasteiger charge is 2.30. The van der Waals surface area contributed by atoms with Crippen LogP contribution in [-0.2, 0) is 11.3 Å². The summed E-state index contributed by atoms with van der Waals surface area (Å²) in [6.07, 6.45) is 12.5. The third-order valence-electron chi connectivity index (χ3n) is 7.21. The smallest absolute Gasteiger partial charge is 0.225 e. The number of nitrogens with zero attached hydrogens (tertiary/aromatic N) is 3. The molecule has 2 saturated heterocycles. The van der Waals surface area contributed by atoms with E-state index in [0.29, 0.717) is 11.8 Å². The molecule has 0 atom stereocenters. The molecular formula is C29H39N3O. The van der Waals surface area contributed by atoms with Crippen LogP contribution in [0.25, 0.3) is 0 Å². The number of carbonyl (C=O) groups is 1. The van der Waals surface area contributed by atoms with Crippen molar-refractivity contribution in [2.24, 2.45) is 5.92 Å². The minimum atomic E-state index is 0.190. The first-order valence-electron chi connectivity index (χ1n) is 12.5. The Morgan fingerprint density at radius 3 is 2.24 bits per heavy atom. The molecule has 1 aromatic rings. The van der Waals surface area contributed by atoms with Crippen molar-refractivity contribution in [3.63, 3.8) is 0 Å². The molecule has 0 unspecified atom stereocenters. The first-order valence-corrected chi connectivity index (χ1v) is 12.5. The normalized spacial score (nSPS) is 20.9. The maximum absolute atomic E-state index is 13.1. The zero-order valence-corrected chi connectivity index (χ0v) is 20.4. The largest absolute Gasteiger partial charge is 0.340 e. The molecule has 1 amide bonds. The van der Waals surface area contributed by atoms with Crippen molar-refractivity contribution in [2.75, 3.05) is 45.8 Å². The van der Waals surface area contributed by atoms with Gasteiger partial charge in [-0.1, -0.05) is 75.1 Å². The lowest BCUT2D eigenvalue weighted by molar-refractivity contribution is -0.138. The van der Waals surface area contributed by atoms with Gasteiger partial charge in [-0.3, -0.25) is 14.6 Å². The highest BCUT2D eigenvalue weighted by atomic mass is 16.2. The standard InChI is InChI=1S/C29H39N3O/c1-23(2)27-11-9-26(10-12-27)22-31-17-19-32(20-18-31)29(33)28-13-15-30(16-14-28)21-25-6-4-5-24(3)7-8-25/h4-12,23,28H,3,13-22H2,1-2H3. The Hall–Kier alpha value is -2.43. The van der Waals surface area contributed by atoms with E-state index >= 15 is 0 Å². The molecule has 4 nitrogen and oxygen atoms in total. The Kier molecular flexibility index (Phi) is 8.00. The van der Waals surface area contributed by atoms with E-state index in [1.165, 1.54) is 16.7 Å². The van der Waals surface area contributed by atoms with Crippen LogP contribution in [-0.4, -0.2) is 66.4 Å². The van der Waals surface area contributed by atoms with Crippen LogP contribution in [0.5, 0.6) is 0 Å². The van der Waals surface area contributed by atoms with Crippen LogP contribution < -0.4 is 0 Å². The molecule has 33 heavy (non-hydrogen) atoms. The Bertz CT molecular complexity index is 909. The number of amides is 1. The van der Waals surface area contributed by atoms with Gasteiger partial charge in [-0.05, 0) is 54.1 Å². The first kappa shape index (κ1) is 23.7. The van der Waals surface area contributed by atoms with Gasteiger partial charge >= 0.3 is 0 Å². The van der Waals surface area contributed by atoms with Gasteiger partial charge in [0.05, 0.1) is 0 Å². The fraction of sp³-hybridized carbons (Fsp3) is 0.483. The molecule has 0 bridgehead atoms. The Morgan fingerprint density at radius 1 is 0.909 bits per heavy atom. The molecule has 4 heteroatoms. The van der Waals surface area contributed by atoms with E-state index in [1.807, 2.05) is 6.08 Å². The van der Waals surface area contributed by atoms with Crippen molar-refractivity contribution in [3.05, 3.63) is 83.5 Å². The second kappa shape index (κ2) is 11.1. The molecule has 1 aliphatic carbocycles. The first-order chi connectivity index (χ1) is 16.0. The monoisotopic (exact) mass is 445 g/mol. The number of rotatable bonds is 6. The van der Waals surface area contributed by atoms with Crippen LogP contribution in [0, 0.1) is 5.92 Å². The topological polar surface area (TPSA) is 26.8 Å². The molecule has 0 N–H and O–H groups in total. The van der Waals surface area contributed by atoms with Gasteiger partial charge in [-0.25, -0.2) is 0 Å². The zero-order valence-electron chi connectivity index (χ0n) is 20.4. The number of carbonyl (C=O) groups excluding carboxylic acids is 1. The third-order valence-corrected chi connectivity index (χ3v) is 7.21. The Labute approximate surface area is 199 Å². The minimum Gasteiger partial charge on any atom is -0.340 e. The summed E-state index contributed by atoms with van der Waals surface area (Å²) in [6.45, 7) is 16.0. The lowest BCUT2D eigenvalue weighted by Gasteiger charge is -2.38. The molecule has 2 aliphatic heterocycles. The lowest BCUT2D eigenvalue weighted by Crippen LogP contribution is -2.51. The summed E-state index contributed by atoms with van der Waals surface area (Å²) in [5.74, 6) is 1.14. The molecule has 2 fully saturated rings. The number of hydrogen-bond donors (Lipinski definition) is 0. The van der Waals surface area contributed by atoms with E-state index in [1.54, 1.807) is 0 Å². The SMILES string of the molecule is C=C1C=CC=C(CN2CCC(C(=O)N3CCN(Cc4ccc(C(C)C)cc4)CC3)CC2)C=C1. The van der Waals surface area contributed by atoms with Crippen LogP contribution in [0.4, 0.5) is 0 Å². The molecular weight excluding hydrogens is 406 g/mol. The number of allylic oxidation sites excluding steroid dienone is 5. The van der Waals surface area contributed by atoms with Gasteiger partial charge < -0.3 is 4.90 Å². The van der Waals surface area contributed by atoms with Crippen molar-refractivity contribution in [2.45, 2.75) is 39.2 Å². The van der Waals surface area contributed by atoms with Crippen LogP contribution >= 0.6 is 0 Å². The van der Waals surface area contributed by atoms with Crippen LogP contribution in [0.1, 0.15) is 43.7 Å². The van der Waals surface area contributed by atoms with Gasteiger partial charge in [0.15, 0.2) is 0 Å². The van der Waals surface area contributed by atoms with Crippen molar-refractivity contribution >= 4 is 5.91 Å². The van der Waals surface area contributed by atoms with Crippen molar-refractivity contribution in [3.8, 4) is 0 Å². The quantitative estimate of drug-likeness (QED) is 0.631.